The largest absolute Gasteiger partial charge is 0.330 e. The number of nitrogens with zero attached hydrogens (tertiary/aromatic N) is 4. The number of imidazole rings is 2. The first-order chi connectivity index (χ1) is 10.3. The lowest BCUT2D eigenvalue weighted by Crippen LogP contribution is -2.25. The van der Waals surface area contributed by atoms with Gasteiger partial charge >= 0.3 is 5.69 Å². The zero-order chi connectivity index (χ0) is 14.4. The fraction of sp³-hybridized carbons (Fsp3) is 0.375. The van der Waals surface area contributed by atoms with Crippen LogP contribution in [0.4, 0.5) is 0 Å². The monoisotopic (exact) mass is 282 g/mol. The topological polar surface area (TPSA) is 44.8 Å². The van der Waals surface area contributed by atoms with Gasteiger partial charge in [0.1, 0.15) is 0 Å². The molecule has 1 aliphatic carbocycles. The van der Waals surface area contributed by atoms with E-state index in [4.69, 9.17) is 0 Å². The molecule has 0 atom stereocenters. The molecule has 0 aliphatic heterocycles. The Morgan fingerprint density at radius 2 is 1.90 bits per heavy atom. The Morgan fingerprint density at radius 3 is 2.57 bits per heavy atom. The molecule has 0 amide bonds. The van der Waals surface area contributed by atoms with Crippen molar-refractivity contribution in [2.75, 3.05) is 0 Å². The number of hydrogen-bond donors (Lipinski definition) is 0. The quantitative estimate of drug-likeness (QED) is 0.737. The number of aromatic nitrogens is 4. The zero-order valence-electron chi connectivity index (χ0n) is 12.1. The van der Waals surface area contributed by atoms with Crippen LogP contribution < -0.4 is 5.69 Å². The van der Waals surface area contributed by atoms with Crippen LogP contribution in [0.5, 0.6) is 0 Å². The van der Waals surface area contributed by atoms with E-state index in [-0.39, 0.29) is 5.69 Å². The van der Waals surface area contributed by atoms with Gasteiger partial charge in [-0.05, 0) is 31.9 Å². The summed E-state index contributed by atoms with van der Waals surface area (Å²) in [6, 6.07) is 8.57. The van der Waals surface area contributed by atoms with Crippen LogP contribution >= 0.6 is 0 Å². The van der Waals surface area contributed by atoms with E-state index >= 15 is 0 Å². The fourth-order valence-electron chi connectivity index (χ4n) is 3.03. The van der Waals surface area contributed by atoms with Crippen LogP contribution in [0.15, 0.2) is 41.6 Å². The minimum Gasteiger partial charge on any atom is -0.330 e. The minimum absolute atomic E-state index is 0.0576. The van der Waals surface area contributed by atoms with Gasteiger partial charge in [0.15, 0.2) is 0 Å². The molecular weight excluding hydrogens is 264 g/mol. The van der Waals surface area contributed by atoms with E-state index in [2.05, 4.69) is 9.55 Å². The highest BCUT2D eigenvalue weighted by Gasteiger charge is 2.25. The van der Waals surface area contributed by atoms with Crippen LogP contribution in [0, 0.1) is 0 Å². The molecule has 1 saturated carbocycles. The molecule has 0 unspecified atom stereocenters. The molecule has 21 heavy (non-hydrogen) atoms. The van der Waals surface area contributed by atoms with Gasteiger partial charge in [0, 0.05) is 18.8 Å². The van der Waals surface area contributed by atoms with Crippen LogP contribution in [0.25, 0.3) is 11.0 Å². The molecule has 108 valence electrons. The first-order valence-electron chi connectivity index (χ1n) is 7.48. The zero-order valence-corrected chi connectivity index (χ0v) is 12.1. The van der Waals surface area contributed by atoms with Gasteiger partial charge in [-0.3, -0.25) is 9.13 Å². The van der Waals surface area contributed by atoms with Gasteiger partial charge in [-0.2, -0.15) is 0 Å². The molecule has 1 aromatic carbocycles. The molecule has 4 rings (SSSR count). The lowest BCUT2D eigenvalue weighted by molar-refractivity contribution is 0.632. The number of para-hydroxylation sites is 2. The standard InChI is InChI=1S/C16H18N4O/c1-2-18-14-5-3-4-6-15(14)19(16(18)21)10-13-9-17-11-20(13)12-7-8-12/h3-6,9,11-12H,2,7-8,10H2,1H3. The lowest BCUT2D eigenvalue weighted by Gasteiger charge is -2.07. The Kier molecular flexibility index (Phi) is 2.74. The smallest absolute Gasteiger partial charge is 0.329 e. The normalized spacial score (nSPS) is 14.9. The SMILES string of the molecule is CCn1c(=O)n(Cc2cncn2C2CC2)c2ccccc21. The molecule has 1 aliphatic rings. The van der Waals surface area contributed by atoms with Crippen LogP contribution in [-0.2, 0) is 13.1 Å². The van der Waals surface area contributed by atoms with Crippen LogP contribution in [0.2, 0.25) is 0 Å². The van der Waals surface area contributed by atoms with Gasteiger partial charge in [0.25, 0.3) is 0 Å². The molecule has 5 nitrogen and oxygen atoms in total. The van der Waals surface area contributed by atoms with Crippen molar-refractivity contribution < 1.29 is 0 Å². The third-order valence-electron chi connectivity index (χ3n) is 4.25. The van der Waals surface area contributed by atoms with E-state index in [1.54, 1.807) is 0 Å². The van der Waals surface area contributed by atoms with Crippen molar-refractivity contribution in [3.8, 4) is 0 Å². The van der Waals surface area contributed by atoms with Gasteiger partial charge in [-0.15, -0.1) is 0 Å². The molecule has 5 heteroatoms. The Labute approximate surface area is 122 Å². The maximum atomic E-state index is 12.6. The Bertz CT molecular complexity index is 851. The molecule has 0 radical (unpaired) electrons. The first kappa shape index (κ1) is 12.4. The van der Waals surface area contributed by atoms with Crippen molar-refractivity contribution >= 4 is 11.0 Å². The Morgan fingerprint density at radius 1 is 1.19 bits per heavy atom. The molecule has 0 saturated heterocycles. The summed E-state index contributed by atoms with van der Waals surface area (Å²) in [6.45, 7) is 3.28. The van der Waals surface area contributed by atoms with Crippen molar-refractivity contribution in [1.29, 1.82) is 0 Å². The number of fused-ring (bicyclic) bond motifs is 1. The summed E-state index contributed by atoms with van der Waals surface area (Å²) < 4.78 is 5.90. The highest BCUT2D eigenvalue weighted by Crippen LogP contribution is 2.35. The summed E-state index contributed by atoms with van der Waals surface area (Å²) >= 11 is 0. The summed E-state index contributed by atoms with van der Waals surface area (Å²) in [5, 5.41) is 0. The summed E-state index contributed by atoms with van der Waals surface area (Å²) in [6.07, 6.45) is 6.20. The predicted molar refractivity (Wildman–Crippen MR) is 81.5 cm³/mol. The number of rotatable bonds is 4. The Balaban J connectivity index is 1.85. The van der Waals surface area contributed by atoms with E-state index in [1.165, 1.54) is 12.8 Å². The van der Waals surface area contributed by atoms with Gasteiger partial charge in [0.2, 0.25) is 0 Å². The Hall–Kier alpha value is -2.30. The van der Waals surface area contributed by atoms with Crippen molar-refractivity contribution in [2.24, 2.45) is 0 Å². The fourth-order valence-corrected chi connectivity index (χ4v) is 3.03. The van der Waals surface area contributed by atoms with E-state index in [1.807, 2.05) is 52.8 Å². The lowest BCUT2D eigenvalue weighted by atomic mass is 10.3. The molecule has 2 aromatic heterocycles. The highest BCUT2D eigenvalue weighted by atomic mass is 16.1. The summed E-state index contributed by atoms with van der Waals surface area (Å²) in [7, 11) is 0. The third-order valence-corrected chi connectivity index (χ3v) is 4.25. The summed E-state index contributed by atoms with van der Waals surface area (Å²) in [5.74, 6) is 0. The van der Waals surface area contributed by atoms with E-state index in [0.717, 1.165) is 16.7 Å². The number of benzene rings is 1. The maximum absolute atomic E-state index is 12.6. The van der Waals surface area contributed by atoms with Gasteiger partial charge in [-0.25, -0.2) is 9.78 Å². The molecule has 2 heterocycles. The van der Waals surface area contributed by atoms with Gasteiger partial charge in [0.05, 0.1) is 29.6 Å². The van der Waals surface area contributed by atoms with Crippen molar-refractivity contribution in [3.63, 3.8) is 0 Å². The number of hydrogen-bond acceptors (Lipinski definition) is 2. The third kappa shape index (κ3) is 1.92. The summed E-state index contributed by atoms with van der Waals surface area (Å²) in [5.41, 5.74) is 3.16. The van der Waals surface area contributed by atoms with Gasteiger partial charge in [-0.1, -0.05) is 12.1 Å². The average Bonchev–Trinajstić information content (AvgIpc) is 3.18. The molecule has 0 N–H and O–H groups in total. The molecule has 0 spiro atoms. The maximum Gasteiger partial charge on any atom is 0.329 e. The predicted octanol–water partition coefficient (Wildman–Crippen LogP) is 2.40. The molecule has 3 aromatic rings. The minimum atomic E-state index is 0.0576. The second kappa shape index (κ2) is 4.62. The van der Waals surface area contributed by atoms with Crippen molar-refractivity contribution in [3.05, 3.63) is 53.0 Å². The van der Waals surface area contributed by atoms with Crippen LogP contribution in [0.1, 0.15) is 31.5 Å². The van der Waals surface area contributed by atoms with Crippen molar-refractivity contribution in [1.82, 2.24) is 18.7 Å². The van der Waals surface area contributed by atoms with Gasteiger partial charge < -0.3 is 4.57 Å². The van der Waals surface area contributed by atoms with Crippen LogP contribution in [-0.4, -0.2) is 18.7 Å². The highest BCUT2D eigenvalue weighted by molar-refractivity contribution is 5.76. The number of aryl methyl sites for hydroxylation is 1. The molecule has 0 bridgehead atoms. The summed E-state index contributed by atoms with van der Waals surface area (Å²) in [4.78, 5) is 16.9. The van der Waals surface area contributed by atoms with Crippen LogP contribution in [0.3, 0.4) is 0 Å². The second-order valence-corrected chi connectivity index (χ2v) is 5.63. The molecular formula is C16H18N4O. The first-order valence-corrected chi connectivity index (χ1v) is 7.48. The van der Waals surface area contributed by atoms with E-state index < -0.39 is 0 Å². The van der Waals surface area contributed by atoms with E-state index in [9.17, 15) is 4.79 Å². The van der Waals surface area contributed by atoms with Crippen molar-refractivity contribution in [2.45, 2.75) is 38.9 Å². The average molecular weight is 282 g/mol. The second-order valence-electron chi connectivity index (χ2n) is 5.63. The molecule has 1 fully saturated rings. The van der Waals surface area contributed by atoms with E-state index in [0.29, 0.717) is 19.1 Å².